The summed E-state index contributed by atoms with van der Waals surface area (Å²) in [6.07, 6.45) is 3.85. The predicted octanol–water partition coefficient (Wildman–Crippen LogP) is 2.00. The van der Waals surface area contributed by atoms with Crippen molar-refractivity contribution in [3.63, 3.8) is 0 Å². The van der Waals surface area contributed by atoms with Crippen LogP contribution in [0.15, 0.2) is 36.7 Å². The zero-order valence-electron chi connectivity index (χ0n) is 13.0. The van der Waals surface area contributed by atoms with Crippen LogP contribution in [0.3, 0.4) is 0 Å². The molecule has 120 valence electrons. The number of benzene rings is 1. The van der Waals surface area contributed by atoms with E-state index in [1.807, 2.05) is 31.6 Å². The first-order chi connectivity index (χ1) is 10.3. The highest BCUT2D eigenvalue weighted by Gasteiger charge is 2.26. The molecule has 0 aliphatic carbocycles. The van der Waals surface area contributed by atoms with Crippen molar-refractivity contribution in [2.45, 2.75) is 12.6 Å². The molecule has 1 unspecified atom stereocenters. The fourth-order valence-corrected chi connectivity index (χ4v) is 2.91. The van der Waals surface area contributed by atoms with E-state index < -0.39 is 0 Å². The largest absolute Gasteiger partial charge is 0.496 e. The number of hydrogen-bond acceptors (Lipinski definition) is 4. The molecule has 22 heavy (non-hydrogen) atoms. The van der Waals surface area contributed by atoms with Crippen LogP contribution in [0.2, 0.25) is 0 Å². The third kappa shape index (κ3) is 3.43. The van der Waals surface area contributed by atoms with Gasteiger partial charge >= 0.3 is 0 Å². The zero-order chi connectivity index (χ0) is 14.7. The van der Waals surface area contributed by atoms with Crippen molar-refractivity contribution in [1.82, 2.24) is 19.8 Å². The summed E-state index contributed by atoms with van der Waals surface area (Å²) in [7, 11) is 3.78. The number of hydrogen-bond donors (Lipinski definition) is 1. The molecule has 1 fully saturated rings. The predicted molar refractivity (Wildman–Crippen MR) is 89.5 cm³/mol. The summed E-state index contributed by atoms with van der Waals surface area (Å²) in [6.45, 7) is 3.81. The standard InChI is InChI=1S/C16H22N4O.ClH/c1-19-9-8-18-16(19)12-20-10-7-17-11-14(20)13-5-3-4-6-15(13)21-2;/h3-6,8-9,14,17H,7,10-12H2,1-2H3;1H. The highest BCUT2D eigenvalue weighted by Crippen LogP contribution is 2.30. The molecular weight excluding hydrogens is 300 g/mol. The molecule has 6 heteroatoms. The monoisotopic (exact) mass is 322 g/mol. The lowest BCUT2D eigenvalue weighted by atomic mass is 10.0. The molecule has 0 amide bonds. The van der Waals surface area contributed by atoms with Gasteiger partial charge in [-0.25, -0.2) is 4.98 Å². The van der Waals surface area contributed by atoms with Crippen LogP contribution in [-0.2, 0) is 13.6 Å². The van der Waals surface area contributed by atoms with Crippen LogP contribution in [0.25, 0.3) is 0 Å². The van der Waals surface area contributed by atoms with Gasteiger partial charge in [-0.1, -0.05) is 18.2 Å². The van der Waals surface area contributed by atoms with Gasteiger partial charge in [0.05, 0.1) is 19.7 Å². The molecule has 0 spiro atoms. The molecule has 1 aliphatic heterocycles. The molecule has 1 saturated heterocycles. The van der Waals surface area contributed by atoms with Crippen molar-refractivity contribution in [3.05, 3.63) is 48.0 Å². The smallest absolute Gasteiger partial charge is 0.123 e. The second-order valence-electron chi connectivity index (χ2n) is 5.39. The van der Waals surface area contributed by atoms with Gasteiger partial charge in [0.25, 0.3) is 0 Å². The lowest BCUT2D eigenvalue weighted by molar-refractivity contribution is 0.146. The Morgan fingerprint density at radius 2 is 2.18 bits per heavy atom. The van der Waals surface area contributed by atoms with Gasteiger partial charge in [-0.15, -0.1) is 12.4 Å². The third-order valence-corrected chi connectivity index (χ3v) is 4.12. The molecule has 1 aliphatic rings. The minimum absolute atomic E-state index is 0. The molecule has 5 nitrogen and oxygen atoms in total. The third-order valence-electron chi connectivity index (χ3n) is 4.12. The number of para-hydroxylation sites is 1. The van der Waals surface area contributed by atoms with Crippen molar-refractivity contribution in [3.8, 4) is 5.75 Å². The summed E-state index contributed by atoms with van der Waals surface area (Å²) in [6, 6.07) is 8.59. The second kappa shape index (κ2) is 7.63. The van der Waals surface area contributed by atoms with Gasteiger partial charge in [0.2, 0.25) is 0 Å². The number of piperazine rings is 1. The van der Waals surface area contributed by atoms with E-state index in [4.69, 9.17) is 4.74 Å². The first-order valence-corrected chi connectivity index (χ1v) is 7.33. The summed E-state index contributed by atoms with van der Waals surface area (Å²) in [4.78, 5) is 6.92. The van der Waals surface area contributed by atoms with Crippen LogP contribution < -0.4 is 10.1 Å². The van der Waals surface area contributed by atoms with Crippen LogP contribution in [0.4, 0.5) is 0 Å². The number of nitrogens with zero attached hydrogens (tertiary/aromatic N) is 3. The maximum Gasteiger partial charge on any atom is 0.123 e. The summed E-state index contributed by atoms with van der Waals surface area (Å²) >= 11 is 0. The normalized spacial score (nSPS) is 18.7. The van der Waals surface area contributed by atoms with E-state index in [1.165, 1.54) is 5.56 Å². The second-order valence-corrected chi connectivity index (χ2v) is 5.39. The average Bonchev–Trinajstić information content (AvgIpc) is 2.93. The van der Waals surface area contributed by atoms with Crippen LogP contribution in [0.1, 0.15) is 17.4 Å². The minimum Gasteiger partial charge on any atom is -0.496 e. The number of imidazole rings is 1. The summed E-state index contributed by atoms with van der Waals surface area (Å²) < 4.78 is 7.62. The van der Waals surface area contributed by atoms with E-state index in [9.17, 15) is 0 Å². The molecule has 2 aromatic rings. The quantitative estimate of drug-likeness (QED) is 0.935. The summed E-state index contributed by atoms with van der Waals surface area (Å²) in [5.41, 5.74) is 1.24. The van der Waals surface area contributed by atoms with Crippen LogP contribution in [0.5, 0.6) is 5.75 Å². The number of nitrogens with one attached hydrogen (secondary N) is 1. The fraction of sp³-hybridized carbons (Fsp3) is 0.438. The van der Waals surface area contributed by atoms with Crippen LogP contribution in [-0.4, -0.2) is 41.2 Å². The SMILES string of the molecule is COc1ccccc1C1CNCCN1Cc1nccn1C.Cl. The fourth-order valence-electron chi connectivity index (χ4n) is 2.91. The van der Waals surface area contributed by atoms with E-state index in [0.29, 0.717) is 6.04 Å². The molecule has 0 saturated carbocycles. The van der Waals surface area contributed by atoms with Gasteiger partial charge in [0, 0.05) is 44.6 Å². The number of rotatable bonds is 4. The van der Waals surface area contributed by atoms with Crippen molar-refractivity contribution in [2.75, 3.05) is 26.7 Å². The van der Waals surface area contributed by atoms with E-state index in [2.05, 4.69) is 31.9 Å². The van der Waals surface area contributed by atoms with Crippen molar-refractivity contribution in [2.24, 2.45) is 7.05 Å². The topological polar surface area (TPSA) is 42.3 Å². The Balaban J connectivity index is 0.00000176. The van der Waals surface area contributed by atoms with Gasteiger partial charge < -0.3 is 14.6 Å². The maximum absolute atomic E-state index is 5.53. The molecule has 1 atom stereocenters. The molecule has 1 aromatic carbocycles. The Morgan fingerprint density at radius 3 is 2.91 bits per heavy atom. The number of aromatic nitrogens is 2. The summed E-state index contributed by atoms with van der Waals surface area (Å²) in [5, 5.41) is 3.48. The zero-order valence-corrected chi connectivity index (χ0v) is 13.8. The lowest BCUT2D eigenvalue weighted by Gasteiger charge is -2.36. The Bertz CT molecular complexity index is 601. The van der Waals surface area contributed by atoms with Crippen molar-refractivity contribution in [1.29, 1.82) is 0 Å². The molecule has 0 radical (unpaired) electrons. The Kier molecular flexibility index (Phi) is 5.83. The Hall–Kier alpha value is -1.56. The van der Waals surface area contributed by atoms with E-state index in [1.54, 1.807) is 7.11 Å². The molecule has 3 rings (SSSR count). The molecule has 1 N–H and O–H groups in total. The van der Waals surface area contributed by atoms with Crippen LogP contribution >= 0.6 is 12.4 Å². The first kappa shape index (κ1) is 16.8. The molecule has 0 bridgehead atoms. The maximum atomic E-state index is 5.53. The number of methoxy groups -OCH3 is 1. The molecular formula is C16H23ClN4O. The number of halogens is 1. The average molecular weight is 323 g/mol. The van der Waals surface area contributed by atoms with E-state index in [0.717, 1.165) is 37.8 Å². The summed E-state index contributed by atoms with van der Waals surface area (Å²) in [5.74, 6) is 2.05. The lowest BCUT2D eigenvalue weighted by Crippen LogP contribution is -2.45. The first-order valence-electron chi connectivity index (χ1n) is 7.33. The van der Waals surface area contributed by atoms with Crippen molar-refractivity contribution >= 4 is 12.4 Å². The van der Waals surface area contributed by atoms with Gasteiger partial charge in [0.1, 0.15) is 11.6 Å². The Morgan fingerprint density at radius 1 is 1.36 bits per heavy atom. The Labute approximate surface area is 137 Å². The van der Waals surface area contributed by atoms with Gasteiger partial charge in [-0.05, 0) is 6.07 Å². The van der Waals surface area contributed by atoms with E-state index >= 15 is 0 Å². The number of ether oxygens (including phenoxy) is 1. The highest BCUT2D eigenvalue weighted by atomic mass is 35.5. The molecule has 2 heterocycles. The van der Waals surface area contributed by atoms with Crippen molar-refractivity contribution < 1.29 is 4.74 Å². The van der Waals surface area contributed by atoms with Gasteiger partial charge in [-0.2, -0.15) is 0 Å². The van der Waals surface area contributed by atoms with E-state index in [-0.39, 0.29) is 12.4 Å². The minimum atomic E-state index is 0. The van der Waals surface area contributed by atoms with Gasteiger partial charge in [0.15, 0.2) is 0 Å². The van der Waals surface area contributed by atoms with Crippen LogP contribution in [0, 0.1) is 0 Å². The highest BCUT2D eigenvalue weighted by molar-refractivity contribution is 5.85. The van der Waals surface area contributed by atoms with Gasteiger partial charge in [-0.3, -0.25) is 4.90 Å². The molecule has 1 aromatic heterocycles. The number of aryl methyl sites for hydroxylation is 1.